The van der Waals surface area contributed by atoms with E-state index in [2.05, 4.69) is 12.1 Å². The highest BCUT2D eigenvalue weighted by atomic mass is 19.1. The summed E-state index contributed by atoms with van der Waals surface area (Å²) in [7, 11) is 0. The molecular formula is C16H21FO. The predicted octanol–water partition coefficient (Wildman–Crippen LogP) is 4.50. The fourth-order valence-corrected chi connectivity index (χ4v) is 2.46. The second-order valence-corrected chi connectivity index (χ2v) is 5.48. The third-order valence-corrected chi connectivity index (χ3v) is 3.74. The van der Waals surface area contributed by atoms with Crippen LogP contribution in [-0.2, 0) is 0 Å². The quantitative estimate of drug-likeness (QED) is 0.835. The van der Waals surface area contributed by atoms with Crippen molar-refractivity contribution in [3.05, 3.63) is 47.3 Å². The minimum atomic E-state index is -0.400. The van der Waals surface area contributed by atoms with E-state index < -0.39 is 6.10 Å². The number of allylic oxidation sites excluding steroid dienone is 2. The van der Waals surface area contributed by atoms with Crippen molar-refractivity contribution < 1.29 is 9.50 Å². The van der Waals surface area contributed by atoms with E-state index in [-0.39, 0.29) is 11.7 Å². The first-order valence-electron chi connectivity index (χ1n) is 6.70. The summed E-state index contributed by atoms with van der Waals surface area (Å²) in [5.74, 6) is 0.676. The molecule has 0 aromatic heterocycles. The van der Waals surface area contributed by atoms with Gasteiger partial charge in [-0.3, -0.25) is 0 Å². The molecule has 0 amide bonds. The van der Waals surface area contributed by atoms with E-state index in [4.69, 9.17) is 0 Å². The Morgan fingerprint density at radius 1 is 1.22 bits per heavy atom. The van der Waals surface area contributed by atoms with E-state index in [1.54, 1.807) is 6.08 Å². The Bertz CT molecular complexity index is 419. The van der Waals surface area contributed by atoms with Crippen molar-refractivity contribution >= 4 is 0 Å². The first kappa shape index (κ1) is 13.3. The summed E-state index contributed by atoms with van der Waals surface area (Å²) in [6.07, 6.45) is 3.53. The van der Waals surface area contributed by atoms with E-state index in [9.17, 15) is 9.50 Å². The molecule has 0 saturated heterocycles. The average molecular weight is 248 g/mol. The van der Waals surface area contributed by atoms with Gasteiger partial charge in [0.1, 0.15) is 0 Å². The van der Waals surface area contributed by atoms with Gasteiger partial charge >= 0.3 is 0 Å². The van der Waals surface area contributed by atoms with Gasteiger partial charge in [0.15, 0.2) is 0 Å². The summed E-state index contributed by atoms with van der Waals surface area (Å²) < 4.78 is 13.0. The van der Waals surface area contributed by atoms with E-state index in [0.29, 0.717) is 12.3 Å². The van der Waals surface area contributed by atoms with Crippen LogP contribution < -0.4 is 0 Å². The highest BCUT2D eigenvalue weighted by Crippen LogP contribution is 2.33. The Balaban J connectivity index is 2.08. The largest absolute Gasteiger partial charge is 0.388 e. The molecule has 1 nitrogen and oxygen atoms in total. The average Bonchev–Trinajstić information content (AvgIpc) is 2.39. The minimum absolute atomic E-state index is 0.0260. The maximum absolute atomic E-state index is 13.0. The Hall–Kier alpha value is -1.15. The topological polar surface area (TPSA) is 20.2 Å². The molecule has 0 radical (unpaired) electrons. The number of halogens is 1. The molecule has 0 spiro atoms. The zero-order chi connectivity index (χ0) is 13.1. The number of rotatable bonds is 3. The Kier molecular flexibility index (Phi) is 4.18. The number of hydrogen-bond acceptors (Lipinski definition) is 1. The maximum atomic E-state index is 13.0. The molecule has 1 N–H and O–H groups in total. The van der Waals surface area contributed by atoms with Gasteiger partial charge in [-0.15, -0.1) is 0 Å². The second-order valence-electron chi connectivity index (χ2n) is 5.48. The van der Waals surface area contributed by atoms with Gasteiger partial charge in [-0.25, -0.2) is 4.39 Å². The Labute approximate surface area is 108 Å². The van der Waals surface area contributed by atoms with Crippen LogP contribution in [0.15, 0.2) is 36.2 Å². The van der Waals surface area contributed by atoms with E-state index >= 15 is 0 Å². The molecule has 0 heterocycles. The molecule has 0 fully saturated rings. The monoisotopic (exact) mass is 248 g/mol. The molecule has 0 saturated carbocycles. The first-order valence-corrected chi connectivity index (χ1v) is 6.70. The van der Waals surface area contributed by atoms with Crippen LogP contribution in [0.5, 0.6) is 0 Å². The second kappa shape index (κ2) is 5.66. The third-order valence-electron chi connectivity index (χ3n) is 3.74. The normalized spacial score (nSPS) is 21.8. The standard InChI is InChI=1S/C16H21FO/c1-11(2)16(18)14-5-3-12(4-6-14)13-7-9-15(17)10-8-13/h3-6,9,11,13,16,18H,7-8,10H2,1-2H3/t13?,16-/m1/s1. The van der Waals surface area contributed by atoms with Crippen molar-refractivity contribution in [2.24, 2.45) is 5.92 Å². The smallest absolute Gasteiger partial charge is 0.0960 e. The summed E-state index contributed by atoms with van der Waals surface area (Å²) >= 11 is 0. The van der Waals surface area contributed by atoms with Gasteiger partial charge in [-0.05, 0) is 42.2 Å². The van der Waals surface area contributed by atoms with Gasteiger partial charge in [-0.1, -0.05) is 44.2 Å². The molecule has 2 atom stereocenters. The fourth-order valence-electron chi connectivity index (χ4n) is 2.46. The summed E-state index contributed by atoms with van der Waals surface area (Å²) in [4.78, 5) is 0. The molecule has 1 aromatic rings. The summed E-state index contributed by atoms with van der Waals surface area (Å²) in [6, 6.07) is 8.13. The molecule has 1 aromatic carbocycles. The highest BCUT2D eigenvalue weighted by molar-refractivity contribution is 5.28. The van der Waals surface area contributed by atoms with Gasteiger partial charge in [0.05, 0.1) is 11.9 Å². The van der Waals surface area contributed by atoms with Crippen molar-refractivity contribution in [3.63, 3.8) is 0 Å². The van der Waals surface area contributed by atoms with Crippen molar-refractivity contribution in [1.29, 1.82) is 0 Å². The molecule has 1 aliphatic rings. The maximum Gasteiger partial charge on any atom is 0.0960 e. The van der Waals surface area contributed by atoms with Crippen molar-refractivity contribution in [1.82, 2.24) is 0 Å². The van der Waals surface area contributed by atoms with E-state index in [0.717, 1.165) is 18.4 Å². The van der Waals surface area contributed by atoms with Gasteiger partial charge in [0.2, 0.25) is 0 Å². The zero-order valence-corrected chi connectivity index (χ0v) is 11.1. The summed E-state index contributed by atoms with van der Waals surface area (Å²) in [5, 5.41) is 9.97. The number of benzene rings is 1. The van der Waals surface area contributed by atoms with Gasteiger partial charge in [0, 0.05) is 0 Å². The molecule has 1 unspecified atom stereocenters. The number of aliphatic hydroxyl groups is 1. The van der Waals surface area contributed by atoms with Gasteiger partial charge in [-0.2, -0.15) is 0 Å². The zero-order valence-electron chi connectivity index (χ0n) is 11.1. The van der Waals surface area contributed by atoms with Crippen LogP contribution in [0.1, 0.15) is 56.3 Å². The highest BCUT2D eigenvalue weighted by Gasteiger charge is 2.17. The molecule has 1 aliphatic carbocycles. The first-order chi connectivity index (χ1) is 8.58. The minimum Gasteiger partial charge on any atom is -0.388 e. The molecule has 18 heavy (non-hydrogen) atoms. The predicted molar refractivity (Wildman–Crippen MR) is 72.0 cm³/mol. The van der Waals surface area contributed by atoms with Gasteiger partial charge in [0.25, 0.3) is 0 Å². The lowest BCUT2D eigenvalue weighted by Gasteiger charge is -2.20. The van der Waals surface area contributed by atoms with Crippen molar-refractivity contribution in [3.8, 4) is 0 Å². The molecular weight excluding hydrogens is 227 g/mol. The van der Waals surface area contributed by atoms with Crippen LogP contribution in [0.4, 0.5) is 4.39 Å². The lowest BCUT2D eigenvalue weighted by molar-refractivity contribution is 0.127. The van der Waals surface area contributed by atoms with Crippen molar-refractivity contribution in [2.75, 3.05) is 0 Å². The third kappa shape index (κ3) is 2.99. The fraction of sp³-hybridized carbons (Fsp3) is 0.500. The van der Waals surface area contributed by atoms with Crippen LogP contribution in [0.3, 0.4) is 0 Å². The number of hydrogen-bond donors (Lipinski definition) is 1. The number of aliphatic hydroxyl groups excluding tert-OH is 1. The SMILES string of the molecule is CC(C)[C@@H](O)c1ccc(C2CC=C(F)CC2)cc1. The van der Waals surface area contributed by atoms with Crippen LogP contribution in [-0.4, -0.2) is 5.11 Å². The molecule has 98 valence electrons. The van der Waals surface area contributed by atoms with Crippen LogP contribution in [0.2, 0.25) is 0 Å². The summed E-state index contributed by atoms with van der Waals surface area (Å²) in [6.45, 7) is 4.01. The summed E-state index contributed by atoms with van der Waals surface area (Å²) in [5.41, 5.74) is 2.21. The van der Waals surface area contributed by atoms with Gasteiger partial charge < -0.3 is 5.11 Å². The Morgan fingerprint density at radius 3 is 2.39 bits per heavy atom. The molecule has 0 bridgehead atoms. The van der Waals surface area contributed by atoms with Crippen LogP contribution in [0, 0.1) is 5.92 Å². The van der Waals surface area contributed by atoms with E-state index in [1.807, 2.05) is 26.0 Å². The Morgan fingerprint density at radius 2 is 1.89 bits per heavy atom. The molecule has 2 heteroatoms. The molecule has 0 aliphatic heterocycles. The lowest BCUT2D eigenvalue weighted by atomic mass is 9.86. The van der Waals surface area contributed by atoms with E-state index in [1.165, 1.54) is 5.56 Å². The molecule has 2 rings (SSSR count). The lowest BCUT2D eigenvalue weighted by Crippen LogP contribution is -2.06. The van der Waals surface area contributed by atoms with Crippen LogP contribution >= 0.6 is 0 Å². The van der Waals surface area contributed by atoms with Crippen LogP contribution in [0.25, 0.3) is 0 Å². The van der Waals surface area contributed by atoms with Crippen molar-refractivity contribution in [2.45, 2.75) is 45.1 Å².